The van der Waals surface area contributed by atoms with Crippen LogP contribution in [0.4, 0.5) is 0 Å². The zero-order chi connectivity index (χ0) is 25.1. The highest BCUT2D eigenvalue weighted by Crippen LogP contribution is 2.36. The Labute approximate surface area is 214 Å². The van der Waals surface area contributed by atoms with Crippen LogP contribution in [-0.2, 0) is 12.8 Å². The number of nitrogens with one attached hydrogen (secondary N) is 2. The number of rotatable bonds is 8. The van der Waals surface area contributed by atoms with Crippen molar-refractivity contribution in [3.63, 3.8) is 0 Å². The van der Waals surface area contributed by atoms with Crippen molar-refractivity contribution >= 4 is 22.7 Å². The van der Waals surface area contributed by atoms with E-state index in [-0.39, 0.29) is 21.5 Å². The fourth-order valence-electron chi connectivity index (χ4n) is 4.41. The van der Waals surface area contributed by atoms with Crippen LogP contribution in [0.5, 0.6) is 23.3 Å². The fourth-order valence-corrected chi connectivity index (χ4v) is 5.93. The third-order valence-corrected chi connectivity index (χ3v) is 7.94. The second kappa shape index (κ2) is 10.2. The molecule has 0 aliphatic heterocycles. The van der Waals surface area contributed by atoms with Crippen LogP contribution in [0, 0.1) is 0 Å². The normalized spacial score (nSPS) is 15.0. The molecule has 2 heterocycles. The predicted octanol–water partition coefficient (Wildman–Crippen LogP) is 4.90. The molecule has 4 aromatic rings. The van der Waals surface area contributed by atoms with E-state index in [4.69, 9.17) is 9.47 Å². The maximum Gasteiger partial charge on any atom is 0.307 e. The summed E-state index contributed by atoms with van der Waals surface area (Å²) in [5.41, 5.74) is 1.92. The fraction of sp³-hybridized carbons (Fsp3) is 0.308. The van der Waals surface area contributed by atoms with Crippen LogP contribution in [0.15, 0.2) is 58.1 Å². The third-order valence-electron chi connectivity index (χ3n) is 6.20. The van der Waals surface area contributed by atoms with Gasteiger partial charge in [0.05, 0.1) is 9.75 Å². The number of aromatic amines is 2. The summed E-state index contributed by atoms with van der Waals surface area (Å²) in [6.45, 7) is 0. The second-order valence-corrected chi connectivity index (χ2v) is 11.0. The van der Waals surface area contributed by atoms with Crippen molar-refractivity contribution in [1.82, 2.24) is 9.97 Å². The Morgan fingerprint density at radius 3 is 1.47 bits per heavy atom. The molecule has 2 aromatic heterocycles. The molecule has 1 aliphatic carbocycles. The van der Waals surface area contributed by atoms with Gasteiger partial charge in [-0.05, 0) is 48.2 Å². The molecule has 188 valence electrons. The van der Waals surface area contributed by atoms with Crippen molar-refractivity contribution in [2.45, 2.75) is 50.7 Å². The van der Waals surface area contributed by atoms with Crippen LogP contribution >= 0.6 is 22.7 Å². The molecule has 0 radical (unpaired) electrons. The van der Waals surface area contributed by atoms with Crippen LogP contribution in [0.1, 0.15) is 53.0 Å². The molecule has 0 amide bonds. The summed E-state index contributed by atoms with van der Waals surface area (Å²) < 4.78 is 12.9. The van der Waals surface area contributed by atoms with Crippen molar-refractivity contribution in [2.24, 2.45) is 0 Å². The Morgan fingerprint density at radius 2 is 1.11 bits per heavy atom. The zero-order valence-electron chi connectivity index (χ0n) is 19.4. The number of aromatic hydroxyl groups is 2. The first-order valence-electron chi connectivity index (χ1n) is 11.8. The van der Waals surface area contributed by atoms with Crippen molar-refractivity contribution in [1.29, 1.82) is 0 Å². The first-order chi connectivity index (χ1) is 17.4. The summed E-state index contributed by atoms with van der Waals surface area (Å²) in [6, 6.07) is 15.3. The van der Waals surface area contributed by atoms with Crippen molar-refractivity contribution in [2.75, 3.05) is 0 Å². The van der Waals surface area contributed by atoms with Crippen molar-refractivity contribution < 1.29 is 19.7 Å². The molecule has 0 bridgehead atoms. The zero-order valence-corrected chi connectivity index (χ0v) is 21.0. The van der Waals surface area contributed by atoms with E-state index in [1.165, 1.54) is 0 Å². The lowest BCUT2D eigenvalue weighted by molar-refractivity contribution is -0.137. The molecule has 0 atom stereocenters. The van der Waals surface area contributed by atoms with Gasteiger partial charge in [-0.3, -0.25) is 19.6 Å². The second-order valence-electron chi connectivity index (χ2n) is 8.89. The SMILES string of the molecule is O=c1[nH]c(O)c(Cc2ccc(OC3(Oc4ccc(Cc5sc(=O)[nH]c5O)cc4)CCCCC3)cc2)s1. The molecule has 36 heavy (non-hydrogen) atoms. The van der Waals surface area contributed by atoms with Gasteiger partial charge < -0.3 is 19.7 Å². The Kier molecular flexibility index (Phi) is 6.88. The lowest BCUT2D eigenvalue weighted by Crippen LogP contribution is -2.44. The lowest BCUT2D eigenvalue weighted by atomic mass is 9.93. The number of thiazole rings is 2. The van der Waals surface area contributed by atoms with E-state index in [1.54, 1.807) is 0 Å². The number of benzene rings is 2. The lowest BCUT2D eigenvalue weighted by Gasteiger charge is -2.37. The van der Waals surface area contributed by atoms with Gasteiger partial charge in [0.2, 0.25) is 11.8 Å². The van der Waals surface area contributed by atoms with Gasteiger partial charge >= 0.3 is 9.75 Å². The summed E-state index contributed by atoms with van der Waals surface area (Å²) in [7, 11) is 0. The molecular weight excluding hydrogens is 500 g/mol. The van der Waals surface area contributed by atoms with E-state index >= 15 is 0 Å². The molecule has 0 spiro atoms. The highest BCUT2D eigenvalue weighted by atomic mass is 32.1. The van der Waals surface area contributed by atoms with Gasteiger partial charge in [0.25, 0.3) is 5.79 Å². The van der Waals surface area contributed by atoms with Gasteiger partial charge in [-0.25, -0.2) is 0 Å². The Morgan fingerprint density at radius 1 is 0.694 bits per heavy atom. The van der Waals surface area contributed by atoms with Gasteiger partial charge in [0, 0.05) is 25.7 Å². The summed E-state index contributed by atoms with van der Waals surface area (Å²) in [6.07, 6.45) is 5.61. The number of H-pyrrole nitrogens is 2. The smallest absolute Gasteiger partial charge is 0.307 e. The molecule has 8 nitrogen and oxygen atoms in total. The Balaban J connectivity index is 1.27. The molecule has 5 rings (SSSR count). The van der Waals surface area contributed by atoms with Gasteiger partial charge in [-0.1, -0.05) is 53.4 Å². The quantitative estimate of drug-likeness (QED) is 0.242. The Bertz CT molecular complexity index is 1320. The highest BCUT2D eigenvalue weighted by molar-refractivity contribution is 7.09. The summed E-state index contributed by atoms with van der Waals surface area (Å²) in [4.78, 5) is 28.3. The van der Waals surface area contributed by atoms with E-state index in [2.05, 4.69) is 9.97 Å². The minimum absolute atomic E-state index is 0.0772. The molecule has 1 fully saturated rings. The largest absolute Gasteiger partial charge is 0.494 e. The molecule has 10 heteroatoms. The van der Waals surface area contributed by atoms with Crippen LogP contribution in [0.25, 0.3) is 0 Å². The number of hydrogen-bond acceptors (Lipinski definition) is 8. The van der Waals surface area contributed by atoms with Crippen LogP contribution < -0.4 is 19.2 Å². The maximum absolute atomic E-state index is 11.4. The molecule has 0 unspecified atom stereocenters. The van der Waals surface area contributed by atoms with E-state index in [9.17, 15) is 19.8 Å². The highest BCUT2D eigenvalue weighted by Gasteiger charge is 2.36. The van der Waals surface area contributed by atoms with Crippen LogP contribution in [-0.4, -0.2) is 26.0 Å². The molecule has 4 N–H and O–H groups in total. The van der Waals surface area contributed by atoms with Crippen LogP contribution in [0.2, 0.25) is 0 Å². The average Bonchev–Trinajstić information content (AvgIpc) is 3.35. The topological polar surface area (TPSA) is 125 Å². The van der Waals surface area contributed by atoms with Crippen molar-refractivity contribution in [3.05, 3.63) is 88.7 Å². The standard InChI is InChI=1S/C26H26N2O6S2/c29-22-20(35-24(31)27-22)14-16-4-8-18(9-5-16)33-26(12-2-1-3-13-26)34-19-10-6-17(7-11-19)15-21-23(30)28-25(32)36-21/h4-11,29-30H,1-3,12-15H2,(H,27,31)(H,28,32). The van der Waals surface area contributed by atoms with E-state index in [0.29, 0.717) is 34.1 Å². The Hall–Kier alpha value is -3.50. The monoisotopic (exact) mass is 526 g/mol. The molecular formula is C26H26N2O6S2. The third kappa shape index (κ3) is 5.66. The molecule has 2 aromatic carbocycles. The predicted molar refractivity (Wildman–Crippen MR) is 139 cm³/mol. The minimum Gasteiger partial charge on any atom is -0.494 e. The van der Waals surface area contributed by atoms with Gasteiger partial charge in [0.15, 0.2) is 0 Å². The first kappa shape index (κ1) is 24.2. The number of hydrogen-bond donors (Lipinski definition) is 4. The number of aromatic nitrogens is 2. The summed E-state index contributed by atoms with van der Waals surface area (Å²) in [5.74, 6) is 0.472. The summed E-state index contributed by atoms with van der Waals surface area (Å²) >= 11 is 2.01. The number of ether oxygens (including phenoxy) is 2. The minimum atomic E-state index is -0.766. The van der Waals surface area contributed by atoms with Crippen LogP contribution in [0.3, 0.4) is 0 Å². The molecule has 1 saturated carbocycles. The van der Waals surface area contributed by atoms with Gasteiger partial charge in [0.1, 0.15) is 11.5 Å². The van der Waals surface area contributed by atoms with E-state index < -0.39 is 5.79 Å². The van der Waals surface area contributed by atoms with Gasteiger partial charge in [-0.15, -0.1) is 0 Å². The maximum atomic E-state index is 11.4. The molecule has 1 aliphatic rings. The average molecular weight is 527 g/mol. The van der Waals surface area contributed by atoms with E-state index in [1.807, 2.05) is 48.5 Å². The summed E-state index contributed by atoms with van der Waals surface area (Å²) in [5, 5.41) is 19.7. The van der Waals surface area contributed by atoms with Crippen molar-refractivity contribution in [3.8, 4) is 23.3 Å². The first-order valence-corrected chi connectivity index (χ1v) is 13.4. The van der Waals surface area contributed by atoms with E-state index in [0.717, 1.165) is 65.9 Å². The van der Waals surface area contributed by atoms with Gasteiger partial charge in [-0.2, -0.15) is 0 Å². The molecule has 0 saturated heterocycles.